The summed E-state index contributed by atoms with van der Waals surface area (Å²) in [4.78, 5) is 24.1. The summed E-state index contributed by atoms with van der Waals surface area (Å²) < 4.78 is 113. The van der Waals surface area contributed by atoms with Crippen LogP contribution in [0.15, 0.2) is 93.0 Å². The summed E-state index contributed by atoms with van der Waals surface area (Å²) in [5.41, 5.74) is -3.13. The molecule has 0 aromatic heterocycles. The maximum absolute atomic E-state index is 14.5. The molecule has 4 aromatic carbocycles. The van der Waals surface area contributed by atoms with Gasteiger partial charge in [-0.2, -0.15) is 13.2 Å². The van der Waals surface area contributed by atoms with Crippen molar-refractivity contribution in [1.82, 2.24) is 0 Å². The van der Waals surface area contributed by atoms with Crippen molar-refractivity contribution in [2.24, 2.45) is 0 Å². The van der Waals surface area contributed by atoms with Gasteiger partial charge in [-0.1, -0.05) is 66.1 Å². The van der Waals surface area contributed by atoms with E-state index in [0.29, 0.717) is 27.8 Å². The molecule has 0 spiro atoms. The summed E-state index contributed by atoms with van der Waals surface area (Å²) in [5.74, 6) is -0.765. The Labute approximate surface area is 492 Å². The van der Waals surface area contributed by atoms with Crippen molar-refractivity contribution in [2.45, 2.75) is 178 Å². The second-order valence-corrected chi connectivity index (χ2v) is 37.4. The molecule has 2 heterocycles. The Morgan fingerprint density at radius 2 is 0.949 bits per heavy atom. The van der Waals surface area contributed by atoms with Gasteiger partial charge in [-0.3, -0.25) is 0 Å². The molecule has 2 unspecified atom stereocenters. The predicted molar refractivity (Wildman–Crippen MR) is 315 cm³/mol. The van der Waals surface area contributed by atoms with E-state index in [9.17, 15) is 35.9 Å². The van der Waals surface area contributed by atoms with E-state index in [1.165, 1.54) is 42.5 Å². The van der Waals surface area contributed by atoms with Crippen LogP contribution in [0, 0.1) is 13.8 Å². The molecule has 2 aliphatic heterocycles. The van der Waals surface area contributed by atoms with Crippen LogP contribution in [-0.2, 0) is 30.1 Å². The second kappa shape index (κ2) is 29.5. The molecule has 0 saturated carbocycles. The average molecular weight is 1350 g/mol. The summed E-state index contributed by atoms with van der Waals surface area (Å²) in [6.07, 6.45) is -0.384. The normalized spacial score (nSPS) is 17.5. The van der Waals surface area contributed by atoms with Gasteiger partial charge >= 0.3 is 212 Å². The predicted octanol–water partition coefficient (Wildman–Crippen LogP) is 21.2. The first kappa shape index (κ1) is 71.3. The molecule has 0 fully saturated rings. The average Bonchev–Trinajstić information content (AvgIpc) is 3.96. The van der Waals surface area contributed by atoms with Gasteiger partial charge in [0, 0.05) is 14.5 Å². The molecule has 6 nitrogen and oxygen atoms in total. The van der Waals surface area contributed by atoms with Gasteiger partial charge in [-0.15, -0.1) is 0 Å². The number of unbranched alkanes of at least 4 members (excludes halogenated alkanes) is 3. The summed E-state index contributed by atoms with van der Waals surface area (Å²) >= 11 is 24.3. The number of carbonyl (C=O) groups is 2. The fraction of sp³-hybridized carbons (Fsp3) is 0.500. The largest absolute Gasteiger partial charge is 0.456 e. The number of halogens is 11. The summed E-state index contributed by atoms with van der Waals surface area (Å²) in [5, 5.41) is 0.525. The van der Waals surface area contributed by atoms with Crippen LogP contribution in [-0.4, -0.2) is 67.1 Å². The Morgan fingerprint density at radius 3 is 1.31 bits per heavy atom. The number of benzene rings is 4. The molecule has 18 heteroatoms. The molecule has 2 aliphatic rings. The number of ether oxygens (including phenoxy) is 4. The van der Waals surface area contributed by atoms with Gasteiger partial charge in [0.1, 0.15) is 11.2 Å². The standard InChI is InChI=1S/C23H21Cl2F3O3.C12H15BrO2.C11H6Cl2F3O.3C4H9.2CH4.Sn/c1-13-7-14(5-6-19(13)20(29)31-21(2,3)4)15-11-22(30-12-15,23(26,27)28)16-8-17(24)10-18(25)9-16;1-8-7-9(13)5-6-10(8)11(14)15-12(2,3)4;12-8-4-7(5-9(13)6-8)10(11(14,15)16)2-1-3-17-10;3*1-3-4-2;;;/h5-11H,12H2,1-4H3;5-7H,1-4H3;2,4-6H,3H2;3*1,3-4H2,2H3;2*1H4;. The number of alkyl halides is 6. The van der Waals surface area contributed by atoms with Crippen molar-refractivity contribution < 1.29 is 54.9 Å². The van der Waals surface area contributed by atoms with E-state index >= 15 is 0 Å². The molecule has 4 aromatic rings. The van der Waals surface area contributed by atoms with Crippen LogP contribution in [0.3, 0.4) is 0 Å². The number of aryl methyl sites for hydroxylation is 2. The minimum Gasteiger partial charge on any atom is -0.456 e. The van der Waals surface area contributed by atoms with Crippen LogP contribution in [0.2, 0.25) is 33.4 Å². The van der Waals surface area contributed by atoms with Crippen LogP contribution in [0.4, 0.5) is 26.3 Å². The molecule has 0 amide bonds. The van der Waals surface area contributed by atoms with Crippen LogP contribution in [0.25, 0.3) is 5.57 Å². The minimum absolute atomic E-state index is 0. The van der Waals surface area contributed by atoms with Crippen LogP contribution in [0.1, 0.15) is 164 Å². The molecule has 0 aliphatic carbocycles. The van der Waals surface area contributed by atoms with Crippen molar-refractivity contribution >= 4 is 98.2 Å². The number of esters is 2. The Hall–Kier alpha value is -2.76. The van der Waals surface area contributed by atoms with E-state index in [1.807, 2.05) is 39.8 Å². The van der Waals surface area contributed by atoms with Crippen molar-refractivity contribution in [3.05, 3.63) is 152 Å². The molecular formula is C60H77BrCl4F6O6Sn. The smallest absolute Gasteiger partial charge is 0.425 e. The summed E-state index contributed by atoms with van der Waals surface area (Å²) in [7, 11) is 0. The van der Waals surface area contributed by atoms with Gasteiger partial charge in [0.15, 0.2) is 0 Å². The molecule has 434 valence electrons. The van der Waals surface area contributed by atoms with E-state index < -0.39 is 59.1 Å². The molecule has 0 radical (unpaired) electrons. The van der Waals surface area contributed by atoms with Gasteiger partial charge < -0.3 is 14.2 Å². The monoisotopic (exact) mass is 1350 g/mol. The molecular weight excluding hydrogens is 1270 g/mol. The van der Waals surface area contributed by atoms with Crippen molar-refractivity contribution in [2.75, 3.05) is 13.2 Å². The fourth-order valence-electron chi connectivity index (χ4n) is 9.05. The first-order valence-corrected chi connectivity index (χ1v) is 35.1. The molecule has 0 N–H and O–H groups in total. The Morgan fingerprint density at radius 1 is 0.577 bits per heavy atom. The fourth-order valence-corrected chi connectivity index (χ4v) is 26.8. The molecule has 78 heavy (non-hydrogen) atoms. The van der Waals surface area contributed by atoms with Crippen molar-refractivity contribution in [3.63, 3.8) is 0 Å². The van der Waals surface area contributed by atoms with Crippen molar-refractivity contribution in [1.29, 1.82) is 0 Å². The number of carbonyl (C=O) groups excluding carboxylic acids is 2. The Kier molecular flexibility index (Phi) is 27.0. The molecule has 0 saturated heterocycles. The Balaban J connectivity index is 0.000000418. The first-order valence-electron chi connectivity index (χ1n) is 25.3. The Bertz CT molecular complexity index is 2670. The van der Waals surface area contributed by atoms with Gasteiger partial charge in [0.25, 0.3) is 0 Å². The number of rotatable bonds is 15. The minimum atomic E-state index is -4.74. The molecule has 0 bridgehead atoms. The van der Waals surface area contributed by atoms with Crippen molar-refractivity contribution in [3.8, 4) is 0 Å². The summed E-state index contributed by atoms with van der Waals surface area (Å²) in [6.45, 7) is 20.7. The van der Waals surface area contributed by atoms with Crippen LogP contribution < -0.4 is 0 Å². The maximum atomic E-state index is 14.5. The molecule has 2 atom stereocenters. The van der Waals surface area contributed by atoms with Gasteiger partial charge in [-0.05, 0) is 132 Å². The third-order valence-corrected chi connectivity index (χ3v) is 30.1. The third kappa shape index (κ3) is 18.9. The van der Waals surface area contributed by atoms with E-state index in [2.05, 4.69) is 36.7 Å². The van der Waals surface area contributed by atoms with E-state index in [1.54, 1.807) is 52.0 Å². The van der Waals surface area contributed by atoms with E-state index in [0.717, 1.165) is 71.5 Å². The summed E-state index contributed by atoms with van der Waals surface area (Å²) in [6, 6.07) is 18.1. The second-order valence-electron chi connectivity index (χ2n) is 21.3. The zero-order valence-corrected chi connectivity index (χ0v) is 52.4. The topological polar surface area (TPSA) is 71.1 Å². The SMILES string of the molecule is C.C.CCC[CH2][Sn]([CH2]CCC)([CH2]CCC)[C]1=CC(c2cc(Cl)cc(Cl)c2)(C(F)(F)F)OC1.Cc1cc(Br)ccc1C(=O)OC(C)(C)C.Cc1cc(C2=CC(c3cc(Cl)cc(Cl)c3)(C(F)(F)F)OC2)ccc1C(=O)OC(C)(C)C. The van der Waals surface area contributed by atoms with Crippen LogP contribution >= 0.6 is 62.3 Å². The van der Waals surface area contributed by atoms with Gasteiger partial charge in [-0.25, -0.2) is 9.59 Å². The quantitative estimate of drug-likeness (QED) is 0.0671. The number of hydrogen-bond donors (Lipinski definition) is 0. The van der Waals surface area contributed by atoms with Crippen LogP contribution in [0.5, 0.6) is 0 Å². The van der Waals surface area contributed by atoms with E-state index in [-0.39, 0.29) is 65.3 Å². The third-order valence-electron chi connectivity index (χ3n) is 12.8. The molecule has 6 rings (SSSR count). The zero-order chi connectivity index (χ0) is 57.2. The first-order chi connectivity index (χ1) is 35.1. The maximum Gasteiger partial charge on any atom is 0.425 e. The van der Waals surface area contributed by atoms with Gasteiger partial charge in [0.05, 0.1) is 17.7 Å². The van der Waals surface area contributed by atoms with Gasteiger partial charge in [0.2, 0.25) is 5.60 Å². The number of hydrogen-bond acceptors (Lipinski definition) is 6. The zero-order valence-electron chi connectivity index (χ0n) is 45.0. The van der Waals surface area contributed by atoms with E-state index in [4.69, 9.17) is 65.4 Å².